The van der Waals surface area contributed by atoms with Crippen LogP contribution in [-0.2, 0) is 9.59 Å². The highest BCUT2D eigenvalue weighted by Gasteiger charge is 2.09. The summed E-state index contributed by atoms with van der Waals surface area (Å²) in [5, 5.41) is 14.8. The molecule has 1 aromatic heterocycles. The van der Waals surface area contributed by atoms with Crippen molar-refractivity contribution in [3.63, 3.8) is 0 Å². The third-order valence-electron chi connectivity index (χ3n) is 2.36. The van der Waals surface area contributed by atoms with Gasteiger partial charge in [-0.05, 0) is 18.2 Å². The van der Waals surface area contributed by atoms with E-state index in [4.69, 9.17) is 5.11 Å². The number of aliphatic carboxylic acids is 1. The number of hydrogen-bond donors (Lipinski definition) is 2. The smallest absolute Gasteiger partial charge is 0.313 e. The summed E-state index contributed by atoms with van der Waals surface area (Å²) >= 11 is 0.966. The molecule has 2 aromatic rings. The lowest BCUT2D eigenvalue weighted by molar-refractivity contribution is -0.133. The molecule has 0 atom stereocenters. The molecule has 0 saturated carbocycles. The number of amides is 1. The maximum atomic E-state index is 13.9. The van der Waals surface area contributed by atoms with Crippen molar-refractivity contribution in [1.82, 2.24) is 14.8 Å². The summed E-state index contributed by atoms with van der Waals surface area (Å²) in [5.41, 5.74) is 0.503. The van der Waals surface area contributed by atoms with Crippen LogP contribution in [0.4, 0.5) is 10.1 Å². The quantitative estimate of drug-likeness (QED) is 0.831. The Kier molecular flexibility index (Phi) is 4.88. The second kappa shape index (κ2) is 6.84. The van der Waals surface area contributed by atoms with Gasteiger partial charge in [0.15, 0.2) is 5.82 Å². The Morgan fingerprint density at radius 2 is 2.19 bits per heavy atom. The number of benzene rings is 1. The monoisotopic (exact) mass is 310 g/mol. The summed E-state index contributed by atoms with van der Waals surface area (Å²) in [7, 11) is 0. The van der Waals surface area contributed by atoms with Gasteiger partial charge in [-0.1, -0.05) is 0 Å². The van der Waals surface area contributed by atoms with Crippen LogP contribution in [0.1, 0.15) is 0 Å². The first-order chi connectivity index (χ1) is 10.1. The molecule has 0 spiro atoms. The van der Waals surface area contributed by atoms with Crippen LogP contribution in [-0.4, -0.2) is 43.3 Å². The largest absolute Gasteiger partial charge is 0.481 e. The number of carboxylic acids is 1. The normalized spacial score (nSPS) is 10.3. The lowest BCUT2D eigenvalue weighted by Crippen LogP contribution is -2.15. The van der Waals surface area contributed by atoms with Gasteiger partial charge in [0, 0.05) is 5.69 Å². The molecule has 0 fully saturated rings. The van der Waals surface area contributed by atoms with E-state index in [0.717, 1.165) is 17.8 Å². The third-order valence-corrected chi connectivity index (χ3v) is 3.27. The number of carbonyl (C=O) groups excluding carboxylic acids is 1. The van der Waals surface area contributed by atoms with Crippen molar-refractivity contribution in [2.24, 2.45) is 0 Å². The zero-order valence-electron chi connectivity index (χ0n) is 10.7. The summed E-state index contributed by atoms with van der Waals surface area (Å²) in [4.78, 5) is 25.6. The van der Waals surface area contributed by atoms with Gasteiger partial charge in [-0.15, -0.1) is 11.8 Å². The van der Waals surface area contributed by atoms with Crippen molar-refractivity contribution < 1.29 is 19.1 Å². The Balaban J connectivity index is 1.97. The van der Waals surface area contributed by atoms with Gasteiger partial charge in [-0.3, -0.25) is 9.59 Å². The summed E-state index contributed by atoms with van der Waals surface area (Å²) in [6.07, 6.45) is 2.65. The Labute approximate surface area is 123 Å². The lowest BCUT2D eigenvalue weighted by atomic mass is 10.2. The minimum Gasteiger partial charge on any atom is -0.481 e. The van der Waals surface area contributed by atoms with E-state index in [1.807, 2.05) is 0 Å². The zero-order valence-corrected chi connectivity index (χ0v) is 11.5. The number of nitrogens with zero attached hydrogens (tertiary/aromatic N) is 3. The first-order valence-corrected chi connectivity index (χ1v) is 6.95. The average Bonchev–Trinajstić information content (AvgIpc) is 2.92. The predicted octanol–water partition coefficient (Wildman–Crippen LogP) is 1.16. The number of hydrogen-bond acceptors (Lipinski definition) is 5. The standard InChI is InChI=1S/C12H11FN4O3S/c13-9-3-8(16-11(18)4-21-5-12(19)20)1-2-10(9)17-7-14-6-15-17/h1-3,6-7H,4-5H2,(H,16,18)(H,19,20). The average molecular weight is 310 g/mol. The number of thioether (sulfide) groups is 1. The molecule has 0 saturated heterocycles. The van der Waals surface area contributed by atoms with Crippen molar-refractivity contribution in [2.45, 2.75) is 0 Å². The highest BCUT2D eigenvalue weighted by molar-refractivity contribution is 8.00. The molecule has 1 heterocycles. The molecular weight excluding hydrogens is 299 g/mol. The van der Waals surface area contributed by atoms with Gasteiger partial charge in [-0.25, -0.2) is 14.1 Å². The highest BCUT2D eigenvalue weighted by Crippen LogP contribution is 2.17. The molecule has 0 aliphatic rings. The molecule has 21 heavy (non-hydrogen) atoms. The maximum Gasteiger partial charge on any atom is 0.313 e. The number of nitrogens with one attached hydrogen (secondary N) is 1. The molecule has 0 radical (unpaired) electrons. The van der Waals surface area contributed by atoms with E-state index < -0.39 is 17.7 Å². The molecule has 1 aromatic carbocycles. The molecule has 0 unspecified atom stereocenters. The Bertz CT molecular complexity index is 648. The van der Waals surface area contributed by atoms with Crippen LogP contribution in [0.2, 0.25) is 0 Å². The number of halogens is 1. The number of rotatable bonds is 6. The van der Waals surface area contributed by atoms with Crippen molar-refractivity contribution in [3.8, 4) is 5.69 Å². The Morgan fingerprint density at radius 3 is 2.81 bits per heavy atom. The van der Waals surface area contributed by atoms with Gasteiger partial charge in [0.05, 0.1) is 11.5 Å². The van der Waals surface area contributed by atoms with Crippen molar-refractivity contribution in [1.29, 1.82) is 0 Å². The van der Waals surface area contributed by atoms with Gasteiger partial charge < -0.3 is 10.4 Å². The van der Waals surface area contributed by atoms with Gasteiger partial charge in [0.25, 0.3) is 0 Å². The zero-order chi connectivity index (χ0) is 15.2. The lowest BCUT2D eigenvalue weighted by Gasteiger charge is -2.07. The second-order valence-corrected chi connectivity index (χ2v) is 4.93. The van der Waals surface area contributed by atoms with E-state index in [1.54, 1.807) is 0 Å². The van der Waals surface area contributed by atoms with Crippen LogP contribution in [0.3, 0.4) is 0 Å². The Morgan fingerprint density at radius 1 is 1.38 bits per heavy atom. The minimum atomic E-state index is -0.990. The van der Waals surface area contributed by atoms with Crippen LogP contribution in [0, 0.1) is 5.82 Å². The molecule has 9 heteroatoms. The van der Waals surface area contributed by atoms with Crippen molar-refractivity contribution >= 4 is 29.3 Å². The predicted molar refractivity (Wildman–Crippen MR) is 74.9 cm³/mol. The number of carboxylic acid groups (broad SMARTS) is 1. The third kappa shape index (κ3) is 4.28. The van der Waals surface area contributed by atoms with E-state index in [-0.39, 0.29) is 22.9 Å². The van der Waals surface area contributed by atoms with Gasteiger partial charge in [-0.2, -0.15) is 5.10 Å². The molecule has 7 nitrogen and oxygen atoms in total. The van der Waals surface area contributed by atoms with Gasteiger partial charge >= 0.3 is 5.97 Å². The first-order valence-electron chi connectivity index (χ1n) is 5.80. The van der Waals surface area contributed by atoms with Crippen LogP contribution in [0.15, 0.2) is 30.9 Å². The summed E-state index contributed by atoms with van der Waals surface area (Å²) in [6, 6.07) is 4.15. The van der Waals surface area contributed by atoms with E-state index in [9.17, 15) is 14.0 Å². The fourth-order valence-electron chi connectivity index (χ4n) is 1.53. The molecule has 0 bridgehead atoms. The van der Waals surface area contributed by atoms with E-state index >= 15 is 0 Å². The molecule has 2 rings (SSSR count). The number of carbonyl (C=O) groups is 2. The van der Waals surface area contributed by atoms with Crippen LogP contribution < -0.4 is 5.32 Å². The molecular formula is C12H11FN4O3S. The first kappa shape index (κ1) is 15.0. The highest BCUT2D eigenvalue weighted by atomic mass is 32.2. The molecule has 2 N–H and O–H groups in total. The fraction of sp³-hybridized carbons (Fsp3) is 0.167. The maximum absolute atomic E-state index is 13.9. The van der Waals surface area contributed by atoms with E-state index in [0.29, 0.717) is 0 Å². The second-order valence-electron chi connectivity index (χ2n) is 3.94. The molecule has 0 aliphatic heterocycles. The number of aromatic nitrogens is 3. The minimum absolute atomic E-state index is 0.0151. The van der Waals surface area contributed by atoms with Crippen LogP contribution >= 0.6 is 11.8 Å². The summed E-state index contributed by atoms with van der Waals surface area (Å²) in [6.45, 7) is 0. The summed E-state index contributed by atoms with van der Waals surface area (Å²) in [5.74, 6) is -2.12. The van der Waals surface area contributed by atoms with Crippen LogP contribution in [0.25, 0.3) is 5.69 Å². The van der Waals surface area contributed by atoms with E-state index in [1.165, 1.54) is 29.5 Å². The van der Waals surface area contributed by atoms with Gasteiger partial charge in [0.1, 0.15) is 18.3 Å². The molecule has 110 valence electrons. The molecule has 0 aliphatic carbocycles. The summed E-state index contributed by atoms with van der Waals surface area (Å²) < 4.78 is 15.2. The van der Waals surface area contributed by atoms with Crippen molar-refractivity contribution in [3.05, 3.63) is 36.7 Å². The molecule has 1 amide bonds. The topological polar surface area (TPSA) is 97.1 Å². The van der Waals surface area contributed by atoms with E-state index in [2.05, 4.69) is 15.4 Å². The number of anilines is 1. The van der Waals surface area contributed by atoms with Crippen LogP contribution in [0.5, 0.6) is 0 Å². The SMILES string of the molecule is O=C(O)CSCC(=O)Nc1ccc(-n2cncn2)c(F)c1. The van der Waals surface area contributed by atoms with Crippen molar-refractivity contribution in [2.75, 3.05) is 16.8 Å². The fourth-order valence-corrected chi connectivity index (χ4v) is 2.07. The van der Waals surface area contributed by atoms with Gasteiger partial charge in [0.2, 0.25) is 5.91 Å². The Hall–Kier alpha value is -2.42.